The number of fused-ring (bicyclic) bond motifs is 1. The van der Waals surface area contributed by atoms with E-state index in [0.29, 0.717) is 0 Å². The van der Waals surface area contributed by atoms with Crippen molar-refractivity contribution in [3.63, 3.8) is 0 Å². The standard InChI is InChI=1S/C20H31N2O9P/c1-12(2)29-17(24)19(3,4)8-10-27-32(26)28-11-13-15(31-32)20(5,6)16(30-13)22-9-7-14(23)21-18(22)25/h7,9,12-13,15-16H,8,10-11H2,1-6H3,(H,21,23,25)/t13-,15-,16-,32+/m1/s1. The number of ether oxygens (including phenoxy) is 2. The molecular formula is C20H31N2O9P. The van der Waals surface area contributed by atoms with Crippen LogP contribution in [0.4, 0.5) is 0 Å². The van der Waals surface area contributed by atoms with Crippen molar-refractivity contribution in [3.8, 4) is 0 Å². The molecule has 2 fully saturated rings. The van der Waals surface area contributed by atoms with Gasteiger partial charge in [-0.1, -0.05) is 13.8 Å². The number of phosphoric ester groups is 1. The van der Waals surface area contributed by atoms with Crippen molar-refractivity contribution in [1.29, 1.82) is 0 Å². The quantitative estimate of drug-likeness (QED) is 0.467. The molecule has 0 unspecified atom stereocenters. The van der Waals surface area contributed by atoms with E-state index < -0.39 is 48.3 Å². The Morgan fingerprint density at radius 2 is 2.06 bits per heavy atom. The molecule has 0 aromatic carbocycles. The lowest BCUT2D eigenvalue weighted by atomic mass is 9.84. The Balaban J connectivity index is 1.67. The summed E-state index contributed by atoms with van der Waals surface area (Å²) in [6.45, 7) is 10.5. The molecule has 2 saturated heterocycles. The Kier molecular flexibility index (Phi) is 6.89. The molecular weight excluding hydrogens is 443 g/mol. The van der Waals surface area contributed by atoms with Gasteiger partial charge in [0, 0.05) is 17.7 Å². The molecule has 0 spiro atoms. The predicted octanol–water partition coefficient (Wildman–Crippen LogP) is 2.37. The summed E-state index contributed by atoms with van der Waals surface area (Å²) in [6, 6.07) is 1.22. The summed E-state index contributed by atoms with van der Waals surface area (Å²) in [5.41, 5.74) is -2.77. The highest BCUT2D eigenvalue weighted by atomic mass is 31.2. The van der Waals surface area contributed by atoms with Crippen LogP contribution < -0.4 is 11.2 Å². The van der Waals surface area contributed by atoms with Crippen LogP contribution in [0.5, 0.6) is 0 Å². The third-order valence-electron chi connectivity index (χ3n) is 5.63. The smallest absolute Gasteiger partial charge is 0.463 e. The van der Waals surface area contributed by atoms with Crippen LogP contribution in [0.25, 0.3) is 0 Å². The highest BCUT2D eigenvalue weighted by Crippen LogP contribution is 2.60. The van der Waals surface area contributed by atoms with E-state index in [2.05, 4.69) is 4.98 Å². The highest BCUT2D eigenvalue weighted by Gasteiger charge is 2.58. The molecule has 0 aliphatic carbocycles. The van der Waals surface area contributed by atoms with Gasteiger partial charge in [-0.15, -0.1) is 0 Å². The summed E-state index contributed by atoms with van der Waals surface area (Å²) in [5.74, 6) is -0.376. The molecule has 3 heterocycles. The normalized spacial score (nSPS) is 29.7. The minimum absolute atomic E-state index is 0.0427. The largest absolute Gasteiger partial charge is 0.475 e. The third kappa shape index (κ3) is 5.07. The first-order valence-corrected chi connectivity index (χ1v) is 12.0. The Morgan fingerprint density at radius 1 is 1.38 bits per heavy atom. The molecule has 1 N–H and O–H groups in total. The zero-order valence-corrected chi connectivity index (χ0v) is 20.0. The Labute approximate surface area is 186 Å². The molecule has 1 aromatic heterocycles. The van der Waals surface area contributed by atoms with E-state index in [4.69, 9.17) is 23.0 Å². The Hall–Kier alpha value is -1.78. The maximum absolute atomic E-state index is 13.1. The maximum atomic E-state index is 13.1. The number of H-pyrrole nitrogens is 1. The van der Waals surface area contributed by atoms with Crippen molar-refractivity contribution in [2.75, 3.05) is 13.2 Å². The predicted molar refractivity (Wildman–Crippen MR) is 113 cm³/mol. The van der Waals surface area contributed by atoms with E-state index in [1.165, 1.54) is 16.8 Å². The Morgan fingerprint density at radius 3 is 2.69 bits per heavy atom. The number of nitrogens with one attached hydrogen (secondary N) is 1. The van der Waals surface area contributed by atoms with E-state index in [1.54, 1.807) is 41.5 Å². The maximum Gasteiger partial charge on any atom is 0.475 e. The molecule has 32 heavy (non-hydrogen) atoms. The first kappa shape index (κ1) is 24.9. The highest BCUT2D eigenvalue weighted by molar-refractivity contribution is 7.48. The van der Waals surface area contributed by atoms with Crippen molar-refractivity contribution in [2.24, 2.45) is 10.8 Å². The minimum atomic E-state index is -3.92. The Bertz CT molecular complexity index is 1010. The van der Waals surface area contributed by atoms with E-state index in [1.807, 2.05) is 0 Å². The summed E-state index contributed by atoms with van der Waals surface area (Å²) in [5, 5.41) is 0. The summed E-state index contributed by atoms with van der Waals surface area (Å²) in [7, 11) is -3.92. The number of carbonyl (C=O) groups is 1. The summed E-state index contributed by atoms with van der Waals surface area (Å²) < 4.78 is 42.2. The van der Waals surface area contributed by atoms with Crippen molar-refractivity contribution >= 4 is 13.8 Å². The lowest BCUT2D eigenvalue weighted by Crippen LogP contribution is -2.42. The molecule has 11 nitrogen and oxygen atoms in total. The molecule has 0 amide bonds. The van der Waals surface area contributed by atoms with Crippen LogP contribution in [-0.4, -0.2) is 47.0 Å². The van der Waals surface area contributed by atoms with E-state index in [9.17, 15) is 18.9 Å². The van der Waals surface area contributed by atoms with Gasteiger partial charge in [0.2, 0.25) is 0 Å². The summed E-state index contributed by atoms with van der Waals surface area (Å²) in [6.07, 6.45) is -0.697. The molecule has 0 bridgehead atoms. The summed E-state index contributed by atoms with van der Waals surface area (Å²) in [4.78, 5) is 38.0. The van der Waals surface area contributed by atoms with Crippen LogP contribution in [0.2, 0.25) is 0 Å². The average molecular weight is 474 g/mol. The van der Waals surface area contributed by atoms with Crippen molar-refractivity contribution < 1.29 is 32.4 Å². The lowest BCUT2D eigenvalue weighted by molar-refractivity contribution is -0.158. The number of hydrogen-bond donors (Lipinski definition) is 1. The molecule has 2 aliphatic heterocycles. The number of nitrogens with zero attached hydrogens (tertiary/aromatic N) is 1. The van der Waals surface area contributed by atoms with Gasteiger partial charge < -0.3 is 9.47 Å². The SMILES string of the molecule is CC(C)OC(=O)C(C)(C)CCO[P@@]1(=O)OC[C@H]2O[C@@H](n3ccc(=O)[nH]c3=O)C(C)(C)[C@@H]2O1. The second-order valence-corrected chi connectivity index (χ2v) is 11.2. The molecule has 0 radical (unpaired) electrons. The summed E-state index contributed by atoms with van der Waals surface area (Å²) >= 11 is 0. The van der Waals surface area contributed by atoms with E-state index in [-0.39, 0.29) is 31.7 Å². The number of aromatic nitrogens is 2. The molecule has 4 atom stereocenters. The zero-order chi connectivity index (χ0) is 23.9. The van der Waals surface area contributed by atoms with Gasteiger partial charge in [0.25, 0.3) is 5.56 Å². The zero-order valence-electron chi connectivity index (χ0n) is 19.2. The number of esters is 1. The van der Waals surface area contributed by atoms with Crippen LogP contribution in [0.15, 0.2) is 21.9 Å². The van der Waals surface area contributed by atoms with Crippen LogP contribution in [-0.2, 0) is 32.4 Å². The van der Waals surface area contributed by atoms with Gasteiger partial charge in [-0.25, -0.2) is 9.36 Å². The third-order valence-corrected chi connectivity index (χ3v) is 7.08. The number of aromatic amines is 1. The topological polar surface area (TPSA) is 135 Å². The van der Waals surface area contributed by atoms with Crippen molar-refractivity contribution in [3.05, 3.63) is 33.1 Å². The first-order chi connectivity index (χ1) is 14.7. The molecule has 1 aromatic rings. The van der Waals surface area contributed by atoms with Crippen LogP contribution in [0.3, 0.4) is 0 Å². The number of carbonyl (C=O) groups excluding carboxylic acids is 1. The molecule has 3 rings (SSSR count). The van der Waals surface area contributed by atoms with Crippen molar-refractivity contribution in [1.82, 2.24) is 9.55 Å². The molecule has 12 heteroatoms. The van der Waals surface area contributed by atoms with Gasteiger partial charge in [-0.05, 0) is 34.1 Å². The van der Waals surface area contributed by atoms with E-state index >= 15 is 0 Å². The number of phosphoric acid groups is 1. The van der Waals surface area contributed by atoms with Crippen LogP contribution in [0.1, 0.15) is 54.2 Å². The van der Waals surface area contributed by atoms with Gasteiger partial charge in [-0.2, -0.15) is 0 Å². The number of hydrogen-bond acceptors (Lipinski definition) is 9. The fourth-order valence-electron chi connectivity index (χ4n) is 3.69. The van der Waals surface area contributed by atoms with Gasteiger partial charge in [-0.3, -0.25) is 32.7 Å². The van der Waals surface area contributed by atoms with Crippen LogP contribution in [0, 0.1) is 10.8 Å². The molecule has 2 aliphatic rings. The first-order valence-electron chi connectivity index (χ1n) is 10.5. The monoisotopic (exact) mass is 474 g/mol. The van der Waals surface area contributed by atoms with Gasteiger partial charge in [0.15, 0.2) is 0 Å². The fourth-order valence-corrected chi connectivity index (χ4v) is 5.21. The van der Waals surface area contributed by atoms with Gasteiger partial charge in [0.05, 0.1) is 24.7 Å². The fraction of sp³-hybridized carbons (Fsp3) is 0.750. The lowest BCUT2D eigenvalue weighted by Gasteiger charge is -2.36. The minimum Gasteiger partial charge on any atom is -0.463 e. The van der Waals surface area contributed by atoms with E-state index in [0.717, 1.165) is 0 Å². The molecule has 180 valence electrons. The average Bonchev–Trinajstić information content (AvgIpc) is 2.91. The second kappa shape index (κ2) is 8.87. The van der Waals surface area contributed by atoms with Crippen molar-refractivity contribution in [2.45, 2.75) is 72.5 Å². The number of rotatable bonds is 7. The van der Waals surface area contributed by atoms with Gasteiger partial charge >= 0.3 is 19.5 Å². The van der Waals surface area contributed by atoms with Crippen LogP contribution >= 0.6 is 7.82 Å². The molecule has 0 saturated carbocycles. The van der Waals surface area contributed by atoms with Gasteiger partial charge in [0.1, 0.15) is 18.4 Å². The second-order valence-electron chi connectivity index (χ2n) is 9.56.